The van der Waals surface area contributed by atoms with Crippen LogP contribution in [0.25, 0.3) is 0 Å². The van der Waals surface area contributed by atoms with Gasteiger partial charge in [-0.25, -0.2) is 0 Å². The fraction of sp³-hybridized carbons (Fsp3) is 1.00. The number of hydrogen-bond donors (Lipinski definition) is 0. The van der Waals surface area contributed by atoms with Crippen LogP contribution >= 0.6 is 0 Å². The second-order valence-corrected chi connectivity index (χ2v) is 7.52. The Hall–Kier alpha value is -0.120. The molecule has 0 spiro atoms. The van der Waals surface area contributed by atoms with Crippen molar-refractivity contribution in [1.29, 1.82) is 0 Å². The fourth-order valence-corrected chi connectivity index (χ4v) is 3.98. The van der Waals surface area contributed by atoms with Crippen LogP contribution < -0.4 is 0 Å². The smallest absolute Gasteiger partial charge is 0.0143 e. The van der Waals surface area contributed by atoms with E-state index in [1.807, 2.05) is 0 Å². The van der Waals surface area contributed by atoms with Gasteiger partial charge in [-0.05, 0) is 71.6 Å². The van der Waals surface area contributed by atoms with Crippen molar-refractivity contribution < 1.29 is 0 Å². The van der Waals surface area contributed by atoms with Gasteiger partial charge in [-0.1, -0.05) is 0 Å². The average molecular weight is 265 g/mol. The molecule has 3 rings (SSSR count). The molecule has 19 heavy (non-hydrogen) atoms. The molecule has 1 aliphatic heterocycles. The molecule has 2 aliphatic carbocycles. The number of nitrogens with zero attached hydrogens (tertiary/aromatic N) is 3. The maximum Gasteiger partial charge on any atom is 0.0143 e. The molecule has 3 heteroatoms. The number of rotatable bonds is 6. The minimum atomic E-state index is 0.919. The second-order valence-electron chi connectivity index (χ2n) is 7.52. The summed E-state index contributed by atoms with van der Waals surface area (Å²) in [7, 11) is 6.72. The molecule has 3 unspecified atom stereocenters. The van der Waals surface area contributed by atoms with Gasteiger partial charge in [-0.3, -0.25) is 4.90 Å². The SMILES string of the molecule is CN(C)CC1CC1N(CC1CCCN(C)C1)C1CC1. The standard InChI is InChI=1S/C16H31N3/c1-17(2)12-14-9-16(14)19(15-6-7-15)11-13-5-4-8-18(3)10-13/h13-16H,4-12H2,1-3H3. The van der Waals surface area contributed by atoms with Gasteiger partial charge in [0.1, 0.15) is 0 Å². The maximum atomic E-state index is 2.90. The summed E-state index contributed by atoms with van der Waals surface area (Å²) in [6, 6.07) is 1.87. The van der Waals surface area contributed by atoms with E-state index in [0.29, 0.717) is 0 Å². The first-order chi connectivity index (χ1) is 9.13. The van der Waals surface area contributed by atoms with Crippen molar-refractivity contribution >= 4 is 0 Å². The third-order valence-electron chi connectivity index (χ3n) is 5.12. The van der Waals surface area contributed by atoms with E-state index in [2.05, 4.69) is 35.8 Å². The Bertz CT molecular complexity index is 300. The summed E-state index contributed by atoms with van der Waals surface area (Å²) in [5.41, 5.74) is 0. The molecule has 0 aromatic rings. The van der Waals surface area contributed by atoms with Crippen molar-refractivity contribution in [2.45, 2.75) is 44.2 Å². The van der Waals surface area contributed by atoms with E-state index in [1.54, 1.807) is 0 Å². The Balaban J connectivity index is 1.51. The van der Waals surface area contributed by atoms with Gasteiger partial charge >= 0.3 is 0 Å². The van der Waals surface area contributed by atoms with Gasteiger partial charge in [-0.15, -0.1) is 0 Å². The molecule has 1 heterocycles. The monoisotopic (exact) mass is 265 g/mol. The molecule has 3 fully saturated rings. The molecule has 0 radical (unpaired) electrons. The highest BCUT2D eigenvalue weighted by Crippen LogP contribution is 2.43. The van der Waals surface area contributed by atoms with Crippen LogP contribution in [-0.2, 0) is 0 Å². The molecule has 0 amide bonds. The number of piperidine rings is 1. The molecule has 110 valence electrons. The van der Waals surface area contributed by atoms with Crippen molar-refractivity contribution in [1.82, 2.24) is 14.7 Å². The van der Waals surface area contributed by atoms with Crippen LogP contribution in [0.4, 0.5) is 0 Å². The van der Waals surface area contributed by atoms with Crippen LogP contribution in [0.15, 0.2) is 0 Å². The minimum Gasteiger partial charge on any atom is -0.309 e. The maximum absolute atomic E-state index is 2.90. The zero-order chi connectivity index (χ0) is 13.4. The van der Waals surface area contributed by atoms with Crippen molar-refractivity contribution in [3.63, 3.8) is 0 Å². The second kappa shape index (κ2) is 5.71. The summed E-state index contributed by atoms with van der Waals surface area (Å²) in [6.07, 6.45) is 7.25. The Morgan fingerprint density at radius 3 is 2.53 bits per heavy atom. The molecule has 3 nitrogen and oxygen atoms in total. The van der Waals surface area contributed by atoms with Crippen LogP contribution in [0.2, 0.25) is 0 Å². The van der Waals surface area contributed by atoms with Crippen LogP contribution in [0.3, 0.4) is 0 Å². The average Bonchev–Trinajstić information content (AvgIpc) is 3.21. The van der Waals surface area contributed by atoms with Gasteiger partial charge < -0.3 is 9.80 Å². The van der Waals surface area contributed by atoms with Crippen LogP contribution in [0.5, 0.6) is 0 Å². The quantitative estimate of drug-likeness (QED) is 0.724. The summed E-state index contributed by atoms with van der Waals surface area (Å²) >= 11 is 0. The zero-order valence-electron chi connectivity index (χ0n) is 13.0. The van der Waals surface area contributed by atoms with Gasteiger partial charge in [0.2, 0.25) is 0 Å². The number of likely N-dealkylation sites (tertiary alicyclic amines) is 1. The summed E-state index contributed by atoms with van der Waals surface area (Å²) in [5, 5.41) is 0. The predicted octanol–water partition coefficient (Wildman–Crippen LogP) is 1.74. The molecule has 0 N–H and O–H groups in total. The first kappa shape index (κ1) is 13.8. The summed E-state index contributed by atoms with van der Waals surface area (Å²) in [6.45, 7) is 5.31. The van der Waals surface area contributed by atoms with Gasteiger partial charge in [0, 0.05) is 31.7 Å². The molecule has 1 saturated heterocycles. The first-order valence-electron chi connectivity index (χ1n) is 8.22. The Labute approximate surface area is 118 Å². The van der Waals surface area contributed by atoms with Crippen molar-refractivity contribution in [3.05, 3.63) is 0 Å². The van der Waals surface area contributed by atoms with Crippen LogP contribution in [-0.4, -0.2) is 74.1 Å². The van der Waals surface area contributed by atoms with E-state index in [-0.39, 0.29) is 0 Å². The van der Waals surface area contributed by atoms with Crippen LogP contribution in [0.1, 0.15) is 32.1 Å². The summed E-state index contributed by atoms with van der Waals surface area (Å²) in [5.74, 6) is 1.89. The molecular weight excluding hydrogens is 234 g/mol. The molecule has 0 aromatic heterocycles. The molecular formula is C16H31N3. The van der Waals surface area contributed by atoms with E-state index in [4.69, 9.17) is 0 Å². The van der Waals surface area contributed by atoms with E-state index >= 15 is 0 Å². The number of hydrogen-bond acceptors (Lipinski definition) is 3. The largest absolute Gasteiger partial charge is 0.309 e. The lowest BCUT2D eigenvalue weighted by atomic mass is 9.97. The van der Waals surface area contributed by atoms with E-state index < -0.39 is 0 Å². The lowest BCUT2D eigenvalue weighted by Gasteiger charge is -2.34. The molecule has 3 atom stereocenters. The molecule has 2 saturated carbocycles. The summed E-state index contributed by atoms with van der Waals surface area (Å²) in [4.78, 5) is 7.80. The van der Waals surface area contributed by atoms with Crippen molar-refractivity contribution in [3.8, 4) is 0 Å². The Kier molecular flexibility index (Phi) is 4.16. The lowest BCUT2D eigenvalue weighted by Crippen LogP contribution is -2.41. The highest BCUT2D eigenvalue weighted by Gasteiger charge is 2.47. The molecule has 0 aromatic carbocycles. The fourth-order valence-electron chi connectivity index (χ4n) is 3.98. The van der Waals surface area contributed by atoms with E-state index in [9.17, 15) is 0 Å². The van der Waals surface area contributed by atoms with Gasteiger partial charge in [0.25, 0.3) is 0 Å². The third-order valence-corrected chi connectivity index (χ3v) is 5.12. The lowest BCUT2D eigenvalue weighted by molar-refractivity contribution is 0.136. The van der Waals surface area contributed by atoms with Crippen molar-refractivity contribution in [2.75, 3.05) is 47.3 Å². The highest BCUT2D eigenvalue weighted by molar-refractivity contribution is 5.02. The normalized spacial score (nSPS) is 36.2. The highest BCUT2D eigenvalue weighted by atomic mass is 15.3. The molecule has 3 aliphatic rings. The minimum absolute atomic E-state index is 0.919. The Morgan fingerprint density at radius 1 is 1.11 bits per heavy atom. The first-order valence-corrected chi connectivity index (χ1v) is 8.22. The van der Waals surface area contributed by atoms with E-state index in [1.165, 1.54) is 58.3 Å². The van der Waals surface area contributed by atoms with E-state index in [0.717, 1.165) is 23.9 Å². The summed E-state index contributed by atoms with van der Waals surface area (Å²) < 4.78 is 0. The van der Waals surface area contributed by atoms with Crippen LogP contribution in [0, 0.1) is 11.8 Å². The topological polar surface area (TPSA) is 9.72 Å². The third kappa shape index (κ3) is 3.71. The van der Waals surface area contributed by atoms with Gasteiger partial charge in [0.15, 0.2) is 0 Å². The van der Waals surface area contributed by atoms with Crippen molar-refractivity contribution in [2.24, 2.45) is 11.8 Å². The predicted molar refractivity (Wildman–Crippen MR) is 80.4 cm³/mol. The zero-order valence-corrected chi connectivity index (χ0v) is 13.0. The van der Waals surface area contributed by atoms with Gasteiger partial charge in [-0.2, -0.15) is 0 Å². The van der Waals surface area contributed by atoms with Gasteiger partial charge in [0.05, 0.1) is 0 Å². The molecule has 0 bridgehead atoms. The Morgan fingerprint density at radius 2 is 1.89 bits per heavy atom.